The molecule has 1 aromatic heterocycles. The van der Waals surface area contributed by atoms with E-state index in [1.165, 1.54) is 6.26 Å². The van der Waals surface area contributed by atoms with Crippen molar-refractivity contribution in [2.75, 3.05) is 5.88 Å². The van der Waals surface area contributed by atoms with Gasteiger partial charge in [-0.1, -0.05) is 5.16 Å². The highest BCUT2D eigenvalue weighted by Gasteiger charge is 2.26. The van der Waals surface area contributed by atoms with E-state index in [1.807, 2.05) is 0 Å². The van der Waals surface area contributed by atoms with E-state index in [9.17, 15) is 4.79 Å². The SMILES string of the molecule is CC(C)(CCl)C(=O)NCc1ccon1. The molecule has 0 bridgehead atoms. The minimum atomic E-state index is -0.550. The van der Waals surface area contributed by atoms with Crippen LogP contribution in [0, 0.1) is 5.41 Å². The summed E-state index contributed by atoms with van der Waals surface area (Å²) < 4.78 is 4.63. The fraction of sp³-hybridized carbons (Fsp3) is 0.556. The van der Waals surface area contributed by atoms with E-state index in [0.29, 0.717) is 12.2 Å². The lowest BCUT2D eigenvalue weighted by Crippen LogP contribution is -2.37. The highest BCUT2D eigenvalue weighted by Crippen LogP contribution is 2.16. The molecule has 1 heterocycles. The molecule has 1 N–H and O–H groups in total. The number of nitrogens with zero attached hydrogens (tertiary/aromatic N) is 1. The van der Waals surface area contributed by atoms with Gasteiger partial charge < -0.3 is 9.84 Å². The normalized spacial score (nSPS) is 11.4. The van der Waals surface area contributed by atoms with Gasteiger partial charge in [0.05, 0.1) is 12.0 Å². The van der Waals surface area contributed by atoms with Crippen LogP contribution >= 0.6 is 11.6 Å². The third-order valence-electron chi connectivity index (χ3n) is 1.87. The second-order valence-corrected chi connectivity index (χ2v) is 3.96. The van der Waals surface area contributed by atoms with Gasteiger partial charge in [0.25, 0.3) is 0 Å². The molecule has 0 fully saturated rings. The number of carbonyl (C=O) groups is 1. The van der Waals surface area contributed by atoms with Gasteiger partial charge in [-0.3, -0.25) is 4.79 Å². The molecule has 0 unspecified atom stereocenters. The van der Waals surface area contributed by atoms with Gasteiger partial charge >= 0.3 is 0 Å². The molecule has 5 heteroatoms. The summed E-state index contributed by atoms with van der Waals surface area (Å²) in [5.41, 5.74) is 0.148. The first kappa shape index (κ1) is 11.0. The monoisotopic (exact) mass is 216 g/mol. The van der Waals surface area contributed by atoms with Crippen LogP contribution < -0.4 is 5.32 Å². The van der Waals surface area contributed by atoms with Crippen LogP contribution in [0.1, 0.15) is 19.5 Å². The van der Waals surface area contributed by atoms with Crippen LogP contribution in [0.3, 0.4) is 0 Å². The van der Waals surface area contributed by atoms with Gasteiger partial charge in [-0.2, -0.15) is 0 Å². The molecule has 0 saturated heterocycles. The average Bonchev–Trinajstić information content (AvgIpc) is 2.66. The van der Waals surface area contributed by atoms with Crippen molar-refractivity contribution in [1.29, 1.82) is 0 Å². The minimum Gasteiger partial charge on any atom is -0.364 e. The Bertz CT molecular complexity index is 296. The van der Waals surface area contributed by atoms with Gasteiger partial charge in [0, 0.05) is 11.9 Å². The van der Waals surface area contributed by atoms with Crippen molar-refractivity contribution in [3.8, 4) is 0 Å². The predicted octanol–water partition coefficient (Wildman–Crippen LogP) is 1.56. The molecule has 0 radical (unpaired) electrons. The quantitative estimate of drug-likeness (QED) is 0.778. The lowest BCUT2D eigenvalue weighted by molar-refractivity contribution is -0.128. The number of amides is 1. The molecule has 0 aliphatic rings. The van der Waals surface area contributed by atoms with Gasteiger partial charge in [-0.05, 0) is 13.8 Å². The van der Waals surface area contributed by atoms with Crippen LogP contribution in [0.5, 0.6) is 0 Å². The highest BCUT2D eigenvalue weighted by atomic mass is 35.5. The molecule has 0 aliphatic heterocycles. The fourth-order valence-electron chi connectivity index (χ4n) is 0.800. The van der Waals surface area contributed by atoms with Crippen molar-refractivity contribution in [3.05, 3.63) is 18.0 Å². The lowest BCUT2D eigenvalue weighted by atomic mass is 9.95. The number of hydrogen-bond donors (Lipinski definition) is 1. The van der Waals surface area contributed by atoms with Crippen molar-refractivity contribution >= 4 is 17.5 Å². The maximum atomic E-state index is 11.5. The summed E-state index contributed by atoms with van der Waals surface area (Å²) in [6, 6.07) is 1.70. The minimum absolute atomic E-state index is 0.0875. The number of carbonyl (C=O) groups excluding carboxylic acids is 1. The fourth-order valence-corrected chi connectivity index (χ4v) is 0.921. The summed E-state index contributed by atoms with van der Waals surface area (Å²) in [5, 5.41) is 6.40. The summed E-state index contributed by atoms with van der Waals surface area (Å²) in [6.07, 6.45) is 1.47. The zero-order valence-electron chi connectivity index (χ0n) is 8.21. The second-order valence-electron chi connectivity index (χ2n) is 3.69. The largest absolute Gasteiger partial charge is 0.364 e. The van der Waals surface area contributed by atoms with E-state index < -0.39 is 5.41 Å². The maximum Gasteiger partial charge on any atom is 0.227 e. The topological polar surface area (TPSA) is 55.1 Å². The molecule has 0 aromatic carbocycles. The van der Waals surface area contributed by atoms with Crippen LogP contribution in [0.4, 0.5) is 0 Å². The van der Waals surface area contributed by atoms with Gasteiger partial charge in [0.15, 0.2) is 0 Å². The Morgan fingerprint density at radius 1 is 1.71 bits per heavy atom. The molecule has 0 aliphatic carbocycles. The second kappa shape index (κ2) is 4.46. The van der Waals surface area contributed by atoms with Crippen molar-refractivity contribution in [2.45, 2.75) is 20.4 Å². The Morgan fingerprint density at radius 3 is 2.93 bits per heavy atom. The number of halogens is 1. The van der Waals surface area contributed by atoms with Gasteiger partial charge in [-0.25, -0.2) is 0 Å². The zero-order valence-corrected chi connectivity index (χ0v) is 8.97. The Morgan fingerprint density at radius 2 is 2.43 bits per heavy atom. The summed E-state index contributed by atoms with van der Waals surface area (Å²) >= 11 is 5.65. The first-order chi connectivity index (χ1) is 6.56. The number of nitrogens with one attached hydrogen (secondary N) is 1. The zero-order chi connectivity index (χ0) is 10.6. The third kappa shape index (κ3) is 2.73. The number of hydrogen-bond acceptors (Lipinski definition) is 3. The summed E-state index contributed by atoms with van der Waals surface area (Å²) in [7, 11) is 0. The Labute approximate surface area is 87.6 Å². The molecule has 4 nitrogen and oxygen atoms in total. The Kier molecular flexibility index (Phi) is 3.52. The van der Waals surface area contributed by atoms with E-state index in [4.69, 9.17) is 11.6 Å². The van der Waals surface area contributed by atoms with E-state index in [2.05, 4.69) is 15.0 Å². The molecule has 14 heavy (non-hydrogen) atoms. The van der Waals surface area contributed by atoms with E-state index in [1.54, 1.807) is 19.9 Å². The van der Waals surface area contributed by atoms with E-state index in [0.717, 1.165) is 0 Å². The van der Waals surface area contributed by atoms with Crippen molar-refractivity contribution in [3.63, 3.8) is 0 Å². The summed E-state index contributed by atoms with van der Waals surface area (Å²) in [4.78, 5) is 11.5. The first-order valence-corrected chi connectivity index (χ1v) is 4.83. The molecule has 78 valence electrons. The average molecular weight is 217 g/mol. The molecule has 0 atom stereocenters. The first-order valence-electron chi connectivity index (χ1n) is 4.30. The van der Waals surface area contributed by atoms with Gasteiger partial charge in [0.2, 0.25) is 5.91 Å². The summed E-state index contributed by atoms with van der Waals surface area (Å²) in [6.45, 7) is 3.95. The maximum absolute atomic E-state index is 11.5. The molecule has 0 spiro atoms. The van der Waals surface area contributed by atoms with Crippen LogP contribution in [0.25, 0.3) is 0 Å². The van der Waals surface area contributed by atoms with Crippen LogP contribution in [0.15, 0.2) is 16.9 Å². The Balaban J connectivity index is 2.43. The standard InChI is InChI=1S/C9H13ClN2O2/c1-9(2,6-10)8(13)11-5-7-3-4-14-12-7/h3-4H,5-6H2,1-2H3,(H,11,13). The molecular formula is C9H13ClN2O2. The Hall–Kier alpha value is -1.03. The van der Waals surface area contributed by atoms with Crippen LogP contribution in [-0.2, 0) is 11.3 Å². The van der Waals surface area contributed by atoms with E-state index >= 15 is 0 Å². The summed E-state index contributed by atoms with van der Waals surface area (Å²) in [5.74, 6) is 0.202. The molecule has 1 amide bonds. The van der Waals surface area contributed by atoms with Gasteiger partial charge in [0.1, 0.15) is 12.0 Å². The molecule has 1 aromatic rings. The molecule has 0 saturated carbocycles. The highest BCUT2D eigenvalue weighted by molar-refractivity contribution is 6.19. The van der Waals surface area contributed by atoms with Gasteiger partial charge in [-0.15, -0.1) is 11.6 Å². The van der Waals surface area contributed by atoms with Crippen LogP contribution in [0.2, 0.25) is 0 Å². The predicted molar refractivity (Wildman–Crippen MR) is 52.9 cm³/mol. The molecular weight excluding hydrogens is 204 g/mol. The van der Waals surface area contributed by atoms with Crippen molar-refractivity contribution in [2.24, 2.45) is 5.41 Å². The lowest BCUT2D eigenvalue weighted by Gasteiger charge is -2.19. The third-order valence-corrected chi connectivity index (χ3v) is 2.54. The number of rotatable bonds is 4. The number of aromatic nitrogens is 1. The van der Waals surface area contributed by atoms with Crippen LogP contribution in [-0.4, -0.2) is 16.9 Å². The van der Waals surface area contributed by atoms with Crippen molar-refractivity contribution < 1.29 is 9.32 Å². The smallest absolute Gasteiger partial charge is 0.227 e. The number of alkyl halides is 1. The van der Waals surface area contributed by atoms with E-state index in [-0.39, 0.29) is 11.8 Å². The molecule has 1 rings (SSSR count). The van der Waals surface area contributed by atoms with Crippen molar-refractivity contribution in [1.82, 2.24) is 10.5 Å².